The second-order valence-corrected chi connectivity index (χ2v) is 34.5. The van der Waals surface area contributed by atoms with Gasteiger partial charge in [0.1, 0.15) is 5.69 Å². The van der Waals surface area contributed by atoms with Crippen molar-refractivity contribution in [2.45, 2.75) is 231 Å². The summed E-state index contributed by atoms with van der Waals surface area (Å²) in [7, 11) is 0. The SMILES string of the molecule is CC(=O)[C@]1(O)CC(c2ccc(C(F)(F)F)cc2)C[C@](O)(C(C)=O)C1[N+](=O)[O-].CC(=O)[C@]1(O)CC(c2ccc([N+](=O)[O-])cc2)C[C@](O)(C(C)=O)C1[N+](=O)[O-].CC(=O)[C@]1(O)CC(c2ccc([N+](=O)[O-])cc2)C[C@](O)(C(C)=O)C1[N+](=O)[O-].CC(=O)[C@]1(O)CC(c2ccccc2)C[C@](O)(C(C)=O)C1[N+](=O)[O-].O=C1Cc2ccccc2N=C1CC(Cc1nc2ccccc2[nH]c1=O)c1ccc([N+](=O)[O-])cc1. The third-order valence-corrected chi connectivity index (χ3v) is 26.0. The fourth-order valence-corrected chi connectivity index (χ4v) is 18.5. The number of ketones is 9. The number of alkyl halides is 3. The van der Waals surface area contributed by atoms with E-state index in [9.17, 15) is 173 Å². The Hall–Kier alpha value is -14.4. The zero-order valence-corrected chi connectivity index (χ0v) is 73.8. The van der Waals surface area contributed by atoms with Crippen molar-refractivity contribution < 1.29 is 132 Å². The topological polar surface area (TPSA) is 676 Å². The molecule has 4 aliphatic carbocycles. The van der Waals surface area contributed by atoms with Crippen LogP contribution in [0.2, 0.25) is 0 Å². The molecule has 0 bridgehead atoms. The normalized spacial score (nSPS) is 27.4. The van der Waals surface area contributed by atoms with Crippen molar-refractivity contribution in [3.05, 3.63) is 302 Å². The molecule has 720 valence electrons. The van der Waals surface area contributed by atoms with Crippen LogP contribution in [0, 0.1) is 70.8 Å². The van der Waals surface area contributed by atoms with Gasteiger partial charge in [0.2, 0.25) is 0 Å². The van der Waals surface area contributed by atoms with Crippen LogP contribution in [0.25, 0.3) is 11.0 Å². The van der Waals surface area contributed by atoms with Crippen molar-refractivity contribution >= 4 is 91.5 Å². The molecule has 45 heteroatoms. The first-order valence-electron chi connectivity index (χ1n) is 41.7. The zero-order valence-electron chi connectivity index (χ0n) is 73.8. The summed E-state index contributed by atoms with van der Waals surface area (Å²) in [4.78, 5) is 206. The number of rotatable bonds is 24. The Labute approximate surface area is 767 Å². The molecule has 2 heterocycles. The van der Waals surface area contributed by atoms with Crippen molar-refractivity contribution in [1.29, 1.82) is 0 Å². The van der Waals surface area contributed by atoms with E-state index in [2.05, 4.69) is 15.0 Å². The van der Waals surface area contributed by atoms with Crippen LogP contribution in [0.15, 0.2) is 186 Å². The lowest BCUT2D eigenvalue weighted by atomic mass is 9.62. The van der Waals surface area contributed by atoms with Gasteiger partial charge in [0.05, 0.1) is 42.8 Å². The Morgan fingerprint density at radius 2 is 0.662 bits per heavy atom. The number of aliphatic imine (C=N–C) groups is 1. The number of nitrogens with zero attached hydrogens (tertiary/aromatic N) is 9. The molecule has 0 spiro atoms. The third kappa shape index (κ3) is 21.9. The summed E-state index contributed by atoms with van der Waals surface area (Å²) in [5, 5.41) is 164. The van der Waals surface area contributed by atoms with Crippen molar-refractivity contribution in [3.8, 4) is 0 Å². The lowest BCUT2D eigenvalue weighted by molar-refractivity contribution is -0.564. The molecule has 42 nitrogen and oxygen atoms in total. The number of nitro groups is 7. The number of halogens is 3. The summed E-state index contributed by atoms with van der Waals surface area (Å²) < 4.78 is 38.1. The predicted octanol–water partition coefficient (Wildman–Crippen LogP) is 8.68. The number of H-pyrrole nitrogens is 1. The lowest BCUT2D eigenvalue weighted by Crippen LogP contribution is -2.69. The van der Waals surface area contributed by atoms with E-state index < -0.39 is 198 Å². The first-order chi connectivity index (χ1) is 63.2. The van der Waals surface area contributed by atoms with Gasteiger partial charge in [-0.25, -0.2) is 9.98 Å². The highest BCUT2D eigenvalue weighted by Gasteiger charge is 2.71. The molecule has 13 rings (SSSR count). The molecule has 4 saturated carbocycles. The number of carbonyl (C=O) groups is 9. The minimum Gasteiger partial charge on any atom is -0.376 e. The maximum absolute atomic E-state index is 12.9. The zero-order chi connectivity index (χ0) is 102. The van der Waals surface area contributed by atoms with Gasteiger partial charge in [-0.05, 0) is 200 Å². The standard InChI is InChI=1S/C26H20N4O4.C17H18F3NO6.2C16H18N2O8.C16H19NO6/c31-25-15-17-5-1-2-6-20(17)27-23(25)13-18(16-9-11-19(12-10-16)30(33)34)14-24-26(32)29-22-8-4-3-7-21(22)28-24;1-9(22)15(24)7-12(8-16(25,10(2)23)14(15)21(26)27)11-3-5-13(6-4-11)17(18,19)20;2*1-9(19)15(21)7-12(11-3-5-13(6-4-11)17(23)24)8-16(22,10(2)20)14(15)18(25)26;1-10(18)15(20)8-13(12-6-4-3-5-7-12)9-16(21,11(2)19)14(15)17(22)23/h1-12,18H,13-15H2,(H,29,32);3-6,12,14,24-25H,7-8H2,1-2H3;2*3-6,12,14,21-22H,7-8H2,1-2H3;3-7,13-14,20-21H,8-9H2,1-2H3/t;3*12?,14?,15-,16+;13?,14?,15-,16+. The molecule has 8 aromatic rings. The molecule has 1 aromatic heterocycles. The first-order valence-corrected chi connectivity index (χ1v) is 41.7. The van der Waals surface area contributed by atoms with Gasteiger partial charge in [-0.3, -0.25) is 119 Å². The Morgan fingerprint density at radius 3 is 0.963 bits per heavy atom. The molecule has 1 aliphatic heterocycles. The highest BCUT2D eigenvalue weighted by atomic mass is 19.4. The maximum Gasteiger partial charge on any atom is 0.416 e. The molecule has 9 unspecified atom stereocenters. The van der Waals surface area contributed by atoms with Crippen LogP contribution in [-0.2, 0) is 62.2 Å². The van der Waals surface area contributed by atoms with Gasteiger partial charge in [0.25, 0.3) is 46.8 Å². The smallest absolute Gasteiger partial charge is 0.376 e. The van der Waals surface area contributed by atoms with Crippen molar-refractivity contribution in [2.75, 3.05) is 0 Å². The second kappa shape index (κ2) is 40.8. The summed E-state index contributed by atoms with van der Waals surface area (Å²) in [6.07, 6.45) is -6.74. The van der Waals surface area contributed by atoms with Crippen LogP contribution in [0.3, 0.4) is 0 Å². The van der Waals surface area contributed by atoms with Crippen LogP contribution < -0.4 is 5.56 Å². The number of carbonyl (C=O) groups excluding carboxylic acids is 9. The minimum absolute atomic E-state index is 0.0239. The van der Waals surface area contributed by atoms with E-state index in [1.807, 2.05) is 42.5 Å². The molecule has 136 heavy (non-hydrogen) atoms. The van der Waals surface area contributed by atoms with Gasteiger partial charge in [0.15, 0.2) is 96.9 Å². The average Bonchev–Trinajstić information content (AvgIpc) is 0.739. The molecule has 4 fully saturated rings. The average molecular weight is 1900 g/mol. The van der Waals surface area contributed by atoms with Gasteiger partial charge in [-0.1, -0.05) is 109 Å². The molecular formula is C91H93F3N10O32. The van der Waals surface area contributed by atoms with Gasteiger partial charge in [-0.2, -0.15) is 13.2 Å². The summed E-state index contributed by atoms with van der Waals surface area (Å²) in [5.74, 6) is -10.9. The number of nitro benzene ring substituents is 3. The van der Waals surface area contributed by atoms with E-state index in [-0.39, 0.29) is 91.3 Å². The summed E-state index contributed by atoms with van der Waals surface area (Å²) in [6, 6.07) is 35.0. The summed E-state index contributed by atoms with van der Waals surface area (Å²) >= 11 is 0. The Balaban J connectivity index is 0.000000192. The number of hydrogen-bond acceptors (Lipinski definition) is 34. The van der Waals surface area contributed by atoms with E-state index in [4.69, 9.17) is 0 Å². The number of nitrogens with one attached hydrogen (secondary N) is 1. The predicted molar refractivity (Wildman–Crippen MR) is 469 cm³/mol. The molecule has 0 radical (unpaired) electrons. The summed E-state index contributed by atoms with van der Waals surface area (Å²) in [6.45, 7) is 7.67. The number of aliphatic hydroxyl groups is 8. The number of hydrogen-bond donors (Lipinski definition) is 9. The van der Waals surface area contributed by atoms with Gasteiger partial charge >= 0.3 is 6.18 Å². The summed E-state index contributed by atoms with van der Waals surface area (Å²) in [5.41, 5.74) is -15.6. The number of Topliss-reactive ketones (excluding diaryl/α,β-unsaturated/α-hetero) is 9. The molecule has 9 N–H and O–H groups in total. The Morgan fingerprint density at radius 1 is 0.382 bits per heavy atom. The quantitative estimate of drug-likeness (QED) is 0.0202. The largest absolute Gasteiger partial charge is 0.416 e. The Bertz CT molecular complexity index is 5920. The number of para-hydroxylation sites is 3. The van der Waals surface area contributed by atoms with E-state index in [1.54, 1.807) is 48.5 Å². The lowest BCUT2D eigenvalue weighted by Gasteiger charge is -2.45. The van der Waals surface area contributed by atoms with E-state index in [1.165, 1.54) is 60.7 Å². The van der Waals surface area contributed by atoms with Crippen LogP contribution in [0.1, 0.15) is 187 Å². The van der Waals surface area contributed by atoms with Crippen LogP contribution in [0.5, 0.6) is 0 Å². The highest BCUT2D eigenvalue weighted by Crippen LogP contribution is 2.52. The number of benzene rings is 7. The number of aromatic amines is 1. The molecule has 7 aromatic carbocycles. The van der Waals surface area contributed by atoms with Gasteiger partial charge in [-0.15, -0.1) is 0 Å². The molecule has 0 amide bonds. The van der Waals surface area contributed by atoms with Crippen LogP contribution >= 0.6 is 0 Å². The molecule has 5 aliphatic rings. The van der Waals surface area contributed by atoms with Crippen molar-refractivity contribution in [1.82, 2.24) is 9.97 Å². The van der Waals surface area contributed by atoms with Gasteiger partial charge < -0.3 is 45.8 Å². The number of fused-ring (bicyclic) bond motifs is 2. The number of non-ortho nitro benzene ring substituents is 3. The fourth-order valence-electron chi connectivity index (χ4n) is 18.5. The van der Waals surface area contributed by atoms with E-state index in [0.29, 0.717) is 45.6 Å². The molecule has 0 saturated heterocycles. The second-order valence-electron chi connectivity index (χ2n) is 34.5. The maximum atomic E-state index is 12.9. The number of aromatic nitrogens is 2. The first kappa shape index (κ1) is 105. The monoisotopic (exact) mass is 1890 g/mol. The fraction of sp³-hybridized carbons (Fsp3) is 0.407. The van der Waals surface area contributed by atoms with Gasteiger partial charge in [0, 0.05) is 75.4 Å². The molecule has 17 atom stereocenters. The van der Waals surface area contributed by atoms with Crippen LogP contribution in [-0.4, -0.2) is 212 Å². The van der Waals surface area contributed by atoms with Crippen molar-refractivity contribution in [2.24, 2.45) is 4.99 Å². The minimum atomic E-state index is -4.57. The van der Waals surface area contributed by atoms with E-state index >= 15 is 0 Å². The highest BCUT2D eigenvalue weighted by molar-refractivity contribution is 6.42. The van der Waals surface area contributed by atoms with E-state index in [0.717, 1.165) is 96.5 Å². The molecular weight excluding hydrogens is 1800 g/mol. The Kier molecular flexibility index (Phi) is 31.6. The van der Waals surface area contributed by atoms with Crippen LogP contribution in [0.4, 0.5) is 35.9 Å². The van der Waals surface area contributed by atoms with Crippen molar-refractivity contribution in [3.63, 3.8) is 0 Å². The third-order valence-electron chi connectivity index (χ3n) is 26.0.